The molecule has 7 nitrogen and oxygen atoms in total. The van der Waals surface area contributed by atoms with Crippen molar-refractivity contribution in [3.05, 3.63) is 11.6 Å². The molecule has 1 aromatic rings. The fourth-order valence-corrected chi connectivity index (χ4v) is 0.940. The van der Waals surface area contributed by atoms with Crippen LogP contribution in [0, 0.1) is 5.82 Å². The summed E-state index contributed by atoms with van der Waals surface area (Å²) in [6, 6.07) is -0.522. The van der Waals surface area contributed by atoms with Gasteiger partial charge in [-0.1, -0.05) is 0 Å². The number of hydrogen-bond acceptors (Lipinski definition) is 5. The summed E-state index contributed by atoms with van der Waals surface area (Å²) in [4.78, 5) is 10.2. The van der Waals surface area contributed by atoms with Gasteiger partial charge in [0.05, 0.1) is 6.04 Å². The summed E-state index contributed by atoms with van der Waals surface area (Å²) in [5, 5.41) is 22.3. The molecule has 0 aliphatic heterocycles. The zero-order chi connectivity index (χ0) is 12.1. The number of ether oxygens (including phenoxy) is 1. The predicted octanol–water partition coefficient (Wildman–Crippen LogP) is 0.341. The van der Waals surface area contributed by atoms with Gasteiger partial charge < -0.3 is 24.8 Å². The van der Waals surface area contributed by atoms with E-state index in [9.17, 15) is 9.18 Å². The second-order valence-corrected chi connectivity index (χ2v) is 3.04. The number of amides is 1. The van der Waals surface area contributed by atoms with Crippen LogP contribution in [0.3, 0.4) is 0 Å². The lowest BCUT2D eigenvalue weighted by atomic mass is 10.4. The van der Waals surface area contributed by atoms with Crippen LogP contribution in [0.5, 0.6) is 5.88 Å². The van der Waals surface area contributed by atoms with Gasteiger partial charge in [-0.25, -0.2) is 4.79 Å². The number of nitrogens with zero attached hydrogens (tertiary/aromatic N) is 1. The summed E-state index contributed by atoms with van der Waals surface area (Å²) < 4.78 is 22.5. The van der Waals surface area contributed by atoms with Crippen molar-refractivity contribution in [3.8, 4) is 5.88 Å². The minimum atomic E-state index is -1.20. The van der Waals surface area contributed by atoms with Crippen LogP contribution >= 0.6 is 0 Å². The van der Waals surface area contributed by atoms with Gasteiger partial charge in [0.2, 0.25) is 11.6 Å². The zero-order valence-electron chi connectivity index (χ0n) is 8.44. The third kappa shape index (κ3) is 3.09. The van der Waals surface area contributed by atoms with E-state index in [1.807, 2.05) is 0 Å². The summed E-state index contributed by atoms with van der Waals surface area (Å²) in [6.45, 7) is 0.824. The average Bonchev–Trinajstić information content (AvgIpc) is 2.55. The Bertz CT molecular complexity index is 367. The van der Waals surface area contributed by atoms with Crippen molar-refractivity contribution in [1.29, 1.82) is 0 Å². The molecule has 0 fully saturated rings. The largest absolute Gasteiger partial charge is 0.471 e. The van der Waals surface area contributed by atoms with Crippen LogP contribution in [-0.4, -0.2) is 34.1 Å². The molecule has 3 N–H and O–H groups in total. The number of aliphatic hydroxyl groups excluding tert-OH is 1. The average molecular weight is 234 g/mol. The lowest BCUT2D eigenvalue weighted by molar-refractivity contribution is 0.180. The van der Waals surface area contributed by atoms with E-state index in [2.05, 4.69) is 15.0 Å². The molecule has 1 rings (SSSR count). The van der Waals surface area contributed by atoms with Crippen LogP contribution < -0.4 is 10.1 Å². The topological polar surface area (TPSA) is 105 Å². The Labute approximate surface area is 89.8 Å². The monoisotopic (exact) mass is 234 g/mol. The van der Waals surface area contributed by atoms with Crippen LogP contribution in [0.1, 0.15) is 12.7 Å². The number of hydrogen-bond donors (Lipinski definition) is 3. The van der Waals surface area contributed by atoms with Gasteiger partial charge in [0.1, 0.15) is 13.2 Å². The Balaban J connectivity index is 2.48. The number of nitrogens with one attached hydrogen (secondary N) is 1. The van der Waals surface area contributed by atoms with Crippen molar-refractivity contribution in [1.82, 2.24) is 10.5 Å². The number of carboxylic acid groups (broad SMARTS) is 1. The molecule has 16 heavy (non-hydrogen) atoms. The molecule has 0 aliphatic carbocycles. The van der Waals surface area contributed by atoms with Crippen LogP contribution in [0.4, 0.5) is 9.18 Å². The van der Waals surface area contributed by atoms with Crippen molar-refractivity contribution in [2.24, 2.45) is 0 Å². The molecule has 0 bridgehead atoms. The predicted molar refractivity (Wildman–Crippen MR) is 48.5 cm³/mol. The van der Waals surface area contributed by atoms with Gasteiger partial charge in [-0.2, -0.15) is 4.39 Å². The van der Waals surface area contributed by atoms with Crippen molar-refractivity contribution in [2.75, 3.05) is 6.61 Å². The fourth-order valence-electron chi connectivity index (χ4n) is 0.940. The van der Waals surface area contributed by atoms with Gasteiger partial charge in [0.15, 0.2) is 0 Å². The van der Waals surface area contributed by atoms with Crippen LogP contribution in [0.2, 0.25) is 0 Å². The first-order valence-electron chi connectivity index (χ1n) is 4.41. The highest BCUT2D eigenvalue weighted by atomic mass is 19.1. The van der Waals surface area contributed by atoms with Crippen LogP contribution in [-0.2, 0) is 6.61 Å². The maximum absolute atomic E-state index is 13.2. The smallest absolute Gasteiger partial charge is 0.404 e. The Morgan fingerprint density at radius 3 is 2.94 bits per heavy atom. The van der Waals surface area contributed by atoms with E-state index >= 15 is 0 Å². The van der Waals surface area contributed by atoms with Crippen molar-refractivity contribution in [2.45, 2.75) is 19.6 Å². The standard InChI is InChI=1S/C8H11FN2O5/c1-4(10-8(13)14)3-15-7-6(9)5(2-12)16-11-7/h4,10,12H,2-3H2,1H3,(H,13,14)/t4-/m0/s1. The summed E-state index contributed by atoms with van der Waals surface area (Å²) in [7, 11) is 0. The number of halogens is 1. The molecule has 8 heteroatoms. The number of aromatic nitrogens is 1. The first kappa shape index (κ1) is 12.2. The van der Waals surface area contributed by atoms with Crippen molar-refractivity contribution in [3.63, 3.8) is 0 Å². The van der Waals surface area contributed by atoms with E-state index in [-0.39, 0.29) is 12.4 Å². The van der Waals surface area contributed by atoms with E-state index in [4.69, 9.17) is 14.9 Å². The quantitative estimate of drug-likeness (QED) is 0.678. The second kappa shape index (κ2) is 5.31. The molecule has 0 spiro atoms. The highest BCUT2D eigenvalue weighted by molar-refractivity contribution is 5.64. The van der Waals surface area contributed by atoms with Crippen molar-refractivity contribution >= 4 is 6.09 Å². The number of aliphatic hydroxyl groups is 1. The minimum absolute atomic E-state index is 0.0966. The van der Waals surface area contributed by atoms with E-state index < -0.39 is 30.4 Å². The second-order valence-electron chi connectivity index (χ2n) is 3.04. The number of carbonyl (C=O) groups is 1. The zero-order valence-corrected chi connectivity index (χ0v) is 8.44. The van der Waals surface area contributed by atoms with Gasteiger partial charge >= 0.3 is 6.09 Å². The van der Waals surface area contributed by atoms with Gasteiger partial charge in [-0.05, 0) is 12.1 Å². The molecule has 0 aliphatic rings. The van der Waals surface area contributed by atoms with Crippen molar-refractivity contribution < 1.29 is 28.7 Å². The summed E-state index contributed by atoms with van der Waals surface area (Å²) in [5.41, 5.74) is 0. The van der Waals surface area contributed by atoms with E-state index in [1.165, 1.54) is 0 Å². The lowest BCUT2D eigenvalue weighted by Crippen LogP contribution is -2.35. The van der Waals surface area contributed by atoms with Gasteiger partial charge in [-0.3, -0.25) is 0 Å². The third-order valence-electron chi connectivity index (χ3n) is 1.65. The number of rotatable bonds is 5. The Morgan fingerprint density at radius 1 is 1.75 bits per heavy atom. The lowest BCUT2D eigenvalue weighted by Gasteiger charge is -2.10. The van der Waals surface area contributed by atoms with Gasteiger partial charge in [-0.15, -0.1) is 0 Å². The third-order valence-corrected chi connectivity index (χ3v) is 1.65. The van der Waals surface area contributed by atoms with E-state index in [0.29, 0.717) is 0 Å². The molecule has 0 saturated carbocycles. The summed E-state index contributed by atoms with van der Waals surface area (Å²) in [5.74, 6) is -1.61. The normalized spacial score (nSPS) is 12.2. The Kier molecular flexibility index (Phi) is 4.06. The Hall–Kier alpha value is -1.83. The van der Waals surface area contributed by atoms with E-state index in [0.717, 1.165) is 0 Å². The SMILES string of the molecule is C[C@@H](COc1noc(CO)c1F)NC(=O)O. The fraction of sp³-hybridized carbons (Fsp3) is 0.500. The molecule has 1 aromatic heterocycles. The highest BCUT2D eigenvalue weighted by Gasteiger charge is 2.17. The molecule has 90 valence electrons. The minimum Gasteiger partial charge on any atom is -0.471 e. The molecular formula is C8H11FN2O5. The first-order valence-corrected chi connectivity index (χ1v) is 4.41. The molecule has 1 heterocycles. The first-order chi connectivity index (χ1) is 7.54. The molecule has 0 saturated heterocycles. The van der Waals surface area contributed by atoms with Gasteiger partial charge in [0, 0.05) is 0 Å². The highest BCUT2D eigenvalue weighted by Crippen LogP contribution is 2.18. The van der Waals surface area contributed by atoms with E-state index in [1.54, 1.807) is 6.92 Å². The van der Waals surface area contributed by atoms with Crippen LogP contribution in [0.25, 0.3) is 0 Å². The summed E-state index contributed by atoms with van der Waals surface area (Å²) >= 11 is 0. The summed E-state index contributed by atoms with van der Waals surface area (Å²) in [6.07, 6.45) is -1.20. The van der Waals surface area contributed by atoms with Gasteiger partial charge in [0.25, 0.3) is 5.88 Å². The molecule has 0 aromatic carbocycles. The molecule has 1 atom stereocenters. The molecular weight excluding hydrogens is 223 g/mol. The molecule has 0 radical (unpaired) electrons. The maximum Gasteiger partial charge on any atom is 0.404 e. The Morgan fingerprint density at radius 2 is 2.44 bits per heavy atom. The maximum atomic E-state index is 13.2. The molecule has 1 amide bonds. The van der Waals surface area contributed by atoms with Crippen LogP contribution in [0.15, 0.2) is 4.52 Å². The molecule has 0 unspecified atom stereocenters.